The maximum absolute atomic E-state index is 12.5. The molecular weight excluding hydrogens is 258 g/mol. The van der Waals surface area contributed by atoms with E-state index in [-0.39, 0.29) is 18.6 Å². The zero-order valence-electron chi connectivity index (χ0n) is 11.7. The maximum Gasteiger partial charge on any atom is 0.254 e. The van der Waals surface area contributed by atoms with E-state index >= 15 is 0 Å². The van der Waals surface area contributed by atoms with Gasteiger partial charge in [-0.2, -0.15) is 0 Å². The molecule has 1 amide bonds. The first kappa shape index (κ1) is 14.7. The largest absolute Gasteiger partial charge is 0.394 e. The van der Waals surface area contributed by atoms with Gasteiger partial charge < -0.3 is 20.5 Å². The summed E-state index contributed by atoms with van der Waals surface area (Å²) >= 11 is 0. The van der Waals surface area contributed by atoms with E-state index in [2.05, 4.69) is 11.9 Å². The molecule has 6 nitrogen and oxygen atoms in total. The molecule has 110 valence electrons. The summed E-state index contributed by atoms with van der Waals surface area (Å²) in [6.45, 7) is 3.35. The highest BCUT2D eigenvalue weighted by molar-refractivity contribution is 5.95. The Kier molecular flexibility index (Phi) is 4.92. The molecule has 6 heteroatoms. The van der Waals surface area contributed by atoms with Crippen LogP contribution in [0.15, 0.2) is 12.1 Å². The van der Waals surface area contributed by atoms with E-state index in [1.54, 1.807) is 17.0 Å². The number of pyridine rings is 1. The molecule has 1 aromatic heterocycles. The van der Waals surface area contributed by atoms with Crippen molar-refractivity contribution in [2.45, 2.75) is 25.9 Å². The van der Waals surface area contributed by atoms with Crippen LogP contribution in [0.5, 0.6) is 0 Å². The summed E-state index contributed by atoms with van der Waals surface area (Å²) in [5.41, 5.74) is 7.16. The number of nitrogens with two attached hydrogens (primary N) is 1. The van der Waals surface area contributed by atoms with Crippen LogP contribution in [0, 0.1) is 0 Å². The smallest absolute Gasteiger partial charge is 0.254 e. The van der Waals surface area contributed by atoms with E-state index in [0.29, 0.717) is 31.1 Å². The molecule has 0 spiro atoms. The van der Waals surface area contributed by atoms with Crippen molar-refractivity contribution in [1.29, 1.82) is 0 Å². The minimum absolute atomic E-state index is 0.0800. The van der Waals surface area contributed by atoms with Gasteiger partial charge in [0.15, 0.2) is 0 Å². The Morgan fingerprint density at radius 2 is 2.40 bits per heavy atom. The van der Waals surface area contributed by atoms with Crippen LogP contribution in [-0.2, 0) is 11.2 Å². The summed E-state index contributed by atoms with van der Waals surface area (Å²) in [6.07, 6.45) is 1.45. The van der Waals surface area contributed by atoms with Crippen molar-refractivity contribution in [2.24, 2.45) is 0 Å². The fourth-order valence-corrected chi connectivity index (χ4v) is 2.32. The number of hydrogen-bond donors (Lipinski definition) is 2. The highest BCUT2D eigenvalue weighted by atomic mass is 16.5. The topological polar surface area (TPSA) is 88.7 Å². The number of amides is 1. The Labute approximate surface area is 118 Å². The van der Waals surface area contributed by atoms with E-state index in [1.165, 1.54) is 0 Å². The van der Waals surface area contributed by atoms with Crippen LogP contribution >= 0.6 is 0 Å². The molecule has 1 unspecified atom stereocenters. The number of aliphatic hydroxyl groups is 1. The predicted molar refractivity (Wildman–Crippen MR) is 75.4 cm³/mol. The first-order chi connectivity index (χ1) is 9.63. The standard InChI is InChI=1S/C14H21N3O3/c1-2-3-11-6-10(7-13(15)16-11)14(19)17-4-5-20-12(8-17)9-18/h6-7,12,18H,2-5,8-9H2,1H3,(H2,15,16). The summed E-state index contributed by atoms with van der Waals surface area (Å²) in [5.74, 6) is 0.282. The molecule has 1 fully saturated rings. The molecule has 0 bridgehead atoms. The lowest BCUT2D eigenvalue weighted by atomic mass is 10.1. The summed E-state index contributed by atoms with van der Waals surface area (Å²) in [4.78, 5) is 18.4. The van der Waals surface area contributed by atoms with Gasteiger partial charge in [0.1, 0.15) is 5.82 Å². The number of ether oxygens (including phenoxy) is 1. The molecule has 1 aliphatic rings. The Hall–Kier alpha value is -1.66. The molecule has 0 radical (unpaired) electrons. The van der Waals surface area contributed by atoms with Crippen LogP contribution in [0.3, 0.4) is 0 Å². The Balaban J connectivity index is 2.15. The summed E-state index contributed by atoms with van der Waals surface area (Å²) in [6, 6.07) is 3.40. The van der Waals surface area contributed by atoms with Gasteiger partial charge in [0, 0.05) is 24.3 Å². The van der Waals surface area contributed by atoms with E-state index < -0.39 is 0 Å². The van der Waals surface area contributed by atoms with Crippen molar-refractivity contribution in [3.63, 3.8) is 0 Å². The number of rotatable bonds is 4. The van der Waals surface area contributed by atoms with Crippen LogP contribution in [0.4, 0.5) is 5.82 Å². The van der Waals surface area contributed by atoms with Gasteiger partial charge >= 0.3 is 0 Å². The van der Waals surface area contributed by atoms with E-state index in [4.69, 9.17) is 15.6 Å². The molecule has 0 aliphatic carbocycles. The van der Waals surface area contributed by atoms with Crippen molar-refractivity contribution in [3.8, 4) is 0 Å². The first-order valence-electron chi connectivity index (χ1n) is 6.92. The van der Waals surface area contributed by atoms with Gasteiger partial charge in [0.2, 0.25) is 0 Å². The van der Waals surface area contributed by atoms with Gasteiger partial charge in [-0.15, -0.1) is 0 Å². The second-order valence-electron chi connectivity index (χ2n) is 4.95. The maximum atomic E-state index is 12.5. The van der Waals surface area contributed by atoms with Crippen LogP contribution in [0.2, 0.25) is 0 Å². The molecule has 3 N–H and O–H groups in total. The molecule has 1 atom stereocenters. The minimum Gasteiger partial charge on any atom is -0.394 e. The highest BCUT2D eigenvalue weighted by Crippen LogP contribution is 2.14. The van der Waals surface area contributed by atoms with E-state index in [1.807, 2.05) is 0 Å². The molecule has 1 aliphatic heterocycles. The number of nitrogen functional groups attached to an aromatic ring is 1. The number of carbonyl (C=O) groups excluding carboxylic acids is 1. The number of aryl methyl sites for hydroxylation is 1. The molecule has 2 heterocycles. The van der Waals surface area contributed by atoms with Gasteiger partial charge in [0.05, 0.1) is 19.3 Å². The minimum atomic E-state index is -0.304. The normalized spacial score (nSPS) is 19.1. The van der Waals surface area contributed by atoms with Gasteiger partial charge in [-0.25, -0.2) is 4.98 Å². The fourth-order valence-electron chi connectivity index (χ4n) is 2.32. The number of morpholine rings is 1. The molecule has 0 aromatic carbocycles. The Morgan fingerprint density at radius 3 is 3.10 bits per heavy atom. The van der Waals surface area contributed by atoms with Crippen LogP contribution in [-0.4, -0.2) is 53.3 Å². The van der Waals surface area contributed by atoms with Gasteiger partial charge in [-0.1, -0.05) is 13.3 Å². The van der Waals surface area contributed by atoms with Gasteiger partial charge in [-0.3, -0.25) is 4.79 Å². The summed E-state index contributed by atoms with van der Waals surface area (Å²) in [7, 11) is 0. The van der Waals surface area contributed by atoms with Crippen LogP contribution in [0.25, 0.3) is 0 Å². The lowest BCUT2D eigenvalue weighted by molar-refractivity contribution is -0.0447. The predicted octanol–water partition coefficient (Wildman–Crippen LogP) is 0.450. The second-order valence-corrected chi connectivity index (χ2v) is 4.95. The van der Waals surface area contributed by atoms with E-state index in [9.17, 15) is 4.79 Å². The average Bonchev–Trinajstić information content (AvgIpc) is 2.46. The number of hydrogen-bond acceptors (Lipinski definition) is 5. The van der Waals surface area contributed by atoms with E-state index in [0.717, 1.165) is 18.5 Å². The summed E-state index contributed by atoms with van der Waals surface area (Å²) in [5, 5.41) is 9.13. The van der Waals surface area contributed by atoms with Crippen molar-refractivity contribution < 1.29 is 14.6 Å². The summed E-state index contributed by atoms with van der Waals surface area (Å²) < 4.78 is 5.35. The number of anilines is 1. The zero-order chi connectivity index (χ0) is 14.5. The van der Waals surface area contributed by atoms with Gasteiger partial charge in [0.25, 0.3) is 5.91 Å². The molecule has 2 rings (SSSR count). The van der Waals surface area contributed by atoms with Crippen molar-refractivity contribution in [2.75, 3.05) is 32.0 Å². The number of nitrogens with zero attached hydrogens (tertiary/aromatic N) is 2. The fraction of sp³-hybridized carbons (Fsp3) is 0.571. The highest BCUT2D eigenvalue weighted by Gasteiger charge is 2.25. The molecule has 1 saturated heterocycles. The zero-order valence-corrected chi connectivity index (χ0v) is 11.7. The second kappa shape index (κ2) is 6.67. The van der Waals surface area contributed by atoms with Gasteiger partial charge in [-0.05, 0) is 18.6 Å². The number of aromatic nitrogens is 1. The van der Waals surface area contributed by atoms with Crippen LogP contribution in [0.1, 0.15) is 29.4 Å². The number of aliphatic hydroxyl groups excluding tert-OH is 1. The quantitative estimate of drug-likeness (QED) is 0.835. The monoisotopic (exact) mass is 279 g/mol. The molecule has 20 heavy (non-hydrogen) atoms. The molecule has 1 aromatic rings. The third-order valence-corrected chi connectivity index (χ3v) is 3.28. The molecular formula is C14H21N3O3. The first-order valence-corrected chi connectivity index (χ1v) is 6.92. The van der Waals surface area contributed by atoms with Crippen molar-refractivity contribution in [3.05, 3.63) is 23.4 Å². The van der Waals surface area contributed by atoms with Crippen LogP contribution < -0.4 is 5.73 Å². The Morgan fingerprint density at radius 1 is 1.60 bits per heavy atom. The lowest BCUT2D eigenvalue weighted by Crippen LogP contribution is -2.46. The van der Waals surface area contributed by atoms with Crippen molar-refractivity contribution >= 4 is 11.7 Å². The molecule has 0 saturated carbocycles. The number of carbonyl (C=O) groups is 1. The third-order valence-electron chi connectivity index (χ3n) is 3.28. The average molecular weight is 279 g/mol. The van der Waals surface area contributed by atoms with Crippen molar-refractivity contribution in [1.82, 2.24) is 9.88 Å². The third kappa shape index (κ3) is 3.46. The Bertz CT molecular complexity index is 479. The SMILES string of the molecule is CCCc1cc(C(=O)N2CCOC(CO)C2)cc(N)n1. The lowest BCUT2D eigenvalue weighted by Gasteiger charge is -2.32.